The number of aliphatic imine (C=N–C) groups is 1. The van der Waals surface area contributed by atoms with Crippen LogP contribution in [0.1, 0.15) is 50.7 Å². The molecule has 3 heterocycles. The van der Waals surface area contributed by atoms with E-state index >= 15 is 0 Å². The normalized spacial score (nSPS) is 22.6. The van der Waals surface area contributed by atoms with Crippen molar-refractivity contribution in [3.05, 3.63) is 61.7 Å². The van der Waals surface area contributed by atoms with Crippen LogP contribution in [0, 0.1) is 11.8 Å². The largest absolute Gasteiger partial charge is 0.481 e. The average molecular weight is 610 g/mol. The minimum atomic E-state index is -0.856. The van der Waals surface area contributed by atoms with E-state index < -0.39 is 23.9 Å². The van der Waals surface area contributed by atoms with Crippen LogP contribution in [0.25, 0.3) is 0 Å². The van der Waals surface area contributed by atoms with E-state index in [4.69, 9.17) is 37.7 Å². The number of carboxylic acids is 1. The molecule has 9 nitrogen and oxygen atoms in total. The molecular formula is C28H34Cl2N4O5S. The van der Waals surface area contributed by atoms with E-state index in [0.29, 0.717) is 63.8 Å². The predicted octanol–water partition coefficient (Wildman–Crippen LogP) is 5.19. The van der Waals surface area contributed by atoms with Gasteiger partial charge in [0.25, 0.3) is 0 Å². The predicted molar refractivity (Wildman–Crippen MR) is 156 cm³/mol. The fraction of sp³-hybridized carbons (Fsp3) is 0.500. The first-order valence-electron chi connectivity index (χ1n) is 13.3. The monoisotopic (exact) mass is 608 g/mol. The maximum Gasteiger partial charge on any atom is 0.338 e. The highest BCUT2D eigenvalue weighted by Crippen LogP contribution is 2.38. The lowest BCUT2D eigenvalue weighted by Crippen LogP contribution is -2.55. The van der Waals surface area contributed by atoms with Gasteiger partial charge in [-0.25, -0.2) is 9.78 Å². The molecule has 2 N–H and O–H groups in total. The van der Waals surface area contributed by atoms with Crippen molar-refractivity contribution >= 4 is 52.3 Å². The maximum atomic E-state index is 13.5. The number of benzene rings is 1. The zero-order valence-corrected chi connectivity index (χ0v) is 25.2. The van der Waals surface area contributed by atoms with Gasteiger partial charge in [-0.3, -0.25) is 14.7 Å². The van der Waals surface area contributed by atoms with Crippen molar-refractivity contribution < 1.29 is 24.2 Å². The molecule has 2 aromatic rings. The summed E-state index contributed by atoms with van der Waals surface area (Å²) >= 11 is 14.2. The van der Waals surface area contributed by atoms with Crippen LogP contribution in [-0.2, 0) is 19.1 Å². The highest BCUT2D eigenvalue weighted by atomic mass is 35.5. The Morgan fingerprint density at radius 2 is 2.08 bits per heavy atom. The number of halogens is 2. The van der Waals surface area contributed by atoms with Gasteiger partial charge in [0.2, 0.25) is 0 Å². The van der Waals surface area contributed by atoms with Gasteiger partial charge >= 0.3 is 11.9 Å². The Labute approximate surface area is 248 Å². The number of aliphatic carboxylic acids is 1. The smallest absolute Gasteiger partial charge is 0.338 e. The molecule has 0 bridgehead atoms. The highest BCUT2D eigenvalue weighted by molar-refractivity contribution is 7.11. The van der Waals surface area contributed by atoms with E-state index in [1.807, 2.05) is 5.38 Å². The van der Waals surface area contributed by atoms with Crippen molar-refractivity contribution in [2.75, 3.05) is 26.3 Å². The van der Waals surface area contributed by atoms with Crippen LogP contribution in [0.2, 0.25) is 10.0 Å². The zero-order valence-electron chi connectivity index (χ0n) is 22.9. The molecule has 0 radical (unpaired) electrons. The first-order valence-corrected chi connectivity index (χ1v) is 14.9. The van der Waals surface area contributed by atoms with Gasteiger partial charge in [-0.2, -0.15) is 0 Å². The van der Waals surface area contributed by atoms with Crippen molar-refractivity contribution in [3.63, 3.8) is 0 Å². The molecule has 40 heavy (non-hydrogen) atoms. The highest BCUT2D eigenvalue weighted by Gasteiger charge is 2.39. The van der Waals surface area contributed by atoms with Crippen molar-refractivity contribution in [1.29, 1.82) is 0 Å². The Morgan fingerprint density at radius 3 is 2.70 bits per heavy atom. The number of nitrogens with one attached hydrogen (secondary N) is 1. The second kappa shape index (κ2) is 13.4. The first kappa shape index (κ1) is 30.5. The lowest BCUT2D eigenvalue weighted by molar-refractivity contribution is -0.144. The summed E-state index contributed by atoms with van der Waals surface area (Å²) in [5, 5.41) is 16.4. The minimum Gasteiger partial charge on any atom is -0.481 e. The number of morpholine rings is 1. The van der Waals surface area contributed by atoms with E-state index in [0.717, 1.165) is 0 Å². The van der Waals surface area contributed by atoms with Crippen LogP contribution in [-0.4, -0.2) is 71.2 Å². The molecule has 1 unspecified atom stereocenters. The summed E-state index contributed by atoms with van der Waals surface area (Å²) in [5.74, 6) is -1.25. The van der Waals surface area contributed by atoms with Crippen LogP contribution >= 0.6 is 34.5 Å². The van der Waals surface area contributed by atoms with E-state index in [-0.39, 0.29) is 24.7 Å². The molecule has 0 spiro atoms. The molecule has 1 saturated heterocycles. The fourth-order valence-corrected chi connectivity index (χ4v) is 6.24. The van der Waals surface area contributed by atoms with Crippen LogP contribution in [0.5, 0.6) is 0 Å². The topological polar surface area (TPSA) is 113 Å². The van der Waals surface area contributed by atoms with Crippen molar-refractivity contribution in [1.82, 2.24) is 15.2 Å². The van der Waals surface area contributed by atoms with Gasteiger partial charge in [0.1, 0.15) is 6.04 Å². The van der Waals surface area contributed by atoms with E-state index in [1.165, 1.54) is 11.3 Å². The Balaban J connectivity index is 1.82. The third-order valence-electron chi connectivity index (χ3n) is 7.09. The number of thiazole rings is 1. The lowest BCUT2D eigenvalue weighted by atomic mass is 9.89. The molecule has 0 aliphatic carbocycles. The van der Waals surface area contributed by atoms with E-state index in [2.05, 4.69) is 29.0 Å². The number of ether oxygens (including phenoxy) is 2. The van der Waals surface area contributed by atoms with Gasteiger partial charge in [0.05, 0.1) is 30.8 Å². The Bertz CT molecular complexity index is 1280. The third kappa shape index (κ3) is 6.86. The zero-order chi connectivity index (χ0) is 29.0. The molecule has 1 aromatic carbocycles. The third-order valence-corrected chi connectivity index (χ3v) is 8.43. The molecule has 216 valence electrons. The standard InChI is InChI=1S/C28H34Cl2N4O5S/c1-5-38-28(37)22-20(14-34-9-10-39-24(15(2)3)21(34)12-16(4)27(35)36)32-25(26-31-8-11-40-26)33-23(22)18-7-6-17(29)13-19(18)30/h6-8,11,13,15-16,21,23-24H,5,9-10,12,14H2,1-4H3,(H,32,33)(H,35,36)/t16-,21?,23+,24-/m1/s1. The summed E-state index contributed by atoms with van der Waals surface area (Å²) in [6, 6.07) is 4.15. The van der Waals surface area contributed by atoms with Gasteiger partial charge in [-0.05, 0) is 31.4 Å². The molecule has 2 aliphatic rings. The second-order valence-electron chi connectivity index (χ2n) is 10.2. The Kier molecular flexibility index (Phi) is 10.2. The lowest BCUT2D eigenvalue weighted by Gasteiger charge is -2.44. The number of carbonyl (C=O) groups excluding carboxylic acids is 1. The summed E-state index contributed by atoms with van der Waals surface area (Å²) in [4.78, 5) is 36.9. The van der Waals surface area contributed by atoms with Gasteiger partial charge in [-0.1, -0.05) is 50.0 Å². The molecule has 1 aromatic heterocycles. The number of carbonyl (C=O) groups is 2. The summed E-state index contributed by atoms with van der Waals surface area (Å²) in [7, 11) is 0. The summed E-state index contributed by atoms with van der Waals surface area (Å²) in [5.41, 5.74) is 1.55. The quantitative estimate of drug-likeness (QED) is 0.354. The van der Waals surface area contributed by atoms with Gasteiger partial charge in [0.15, 0.2) is 10.8 Å². The van der Waals surface area contributed by atoms with Crippen molar-refractivity contribution in [2.24, 2.45) is 16.8 Å². The summed E-state index contributed by atoms with van der Waals surface area (Å²) < 4.78 is 11.7. The number of amidine groups is 1. The van der Waals surface area contributed by atoms with Crippen LogP contribution in [0.4, 0.5) is 0 Å². The second-order valence-corrected chi connectivity index (χ2v) is 12.0. The fourth-order valence-electron chi connectivity index (χ4n) is 5.14. The van der Waals surface area contributed by atoms with E-state index in [9.17, 15) is 14.7 Å². The van der Waals surface area contributed by atoms with E-state index in [1.54, 1.807) is 38.2 Å². The number of hydrogen-bond acceptors (Lipinski definition) is 9. The van der Waals surface area contributed by atoms with Crippen LogP contribution in [0.15, 0.2) is 46.0 Å². The molecule has 4 atom stereocenters. The molecule has 1 fully saturated rings. The van der Waals surface area contributed by atoms with Crippen molar-refractivity contribution in [2.45, 2.75) is 52.3 Å². The molecule has 0 saturated carbocycles. The minimum absolute atomic E-state index is 0.166. The maximum absolute atomic E-state index is 13.5. The van der Waals surface area contributed by atoms with Gasteiger partial charge in [0, 0.05) is 52.0 Å². The molecule has 2 aliphatic heterocycles. The number of nitrogens with zero attached hydrogens (tertiary/aromatic N) is 3. The van der Waals surface area contributed by atoms with Crippen LogP contribution < -0.4 is 5.32 Å². The molecule has 12 heteroatoms. The molecule has 0 amide bonds. The van der Waals surface area contributed by atoms with Crippen molar-refractivity contribution in [3.8, 4) is 0 Å². The average Bonchev–Trinajstić information content (AvgIpc) is 3.44. The number of hydrogen-bond donors (Lipinski definition) is 2. The first-order chi connectivity index (χ1) is 19.1. The number of esters is 1. The number of rotatable bonds is 10. The van der Waals surface area contributed by atoms with Gasteiger partial charge < -0.3 is 19.9 Å². The Hall–Kier alpha value is -2.50. The number of carboxylic acid groups (broad SMARTS) is 1. The molecular weight excluding hydrogens is 575 g/mol. The molecule has 4 rings (SSSR count). The summed E-state index contributed by atoms with van der Waals surface area (Å²) in [6.45, 7) is 9.17. The van der Waals surface area contributed by atoms with Gasteiger partial charge in [-0.15, -0.1) is 11.3 Å². The SMILES string of the molecule is CCOC(=O)C1=C(CN2CCO[C@H](C(C)C)C2C[C@@H](C)C(=O)O)NC(c2nccs2)=N[C@H]1c1ccc(Cl)cc1Cl. The summed E-state index contributed by atoms with van der Waals surface area (Å²) in [6.07, 6.45) is 1.93. The Morgan fingerprint density at radius 1 is 1.30 bits per heavy atom. The van der Waals surface area contributed by atoms with Crippen LogP contribution in [0.3, 0.4) is 0 Å². The number of aromatic nitrogens is 1.